The van der Waals surface area contributed by atoms with Crippen molar-refractivity contribution in [1.29, 1.82) is 0 Å². The van der Waals surface area contributed by atoms with Crippen LogP contribution in [0.3, 0.4) is 0 Å². The van der Waals surface area contributed by atoms with Crippen LogP contribution in [-0.2, 0) is 4.79 Å². The SMILES string of the molecule is CCCC(=O)[O-].CCCCCCCCCCCCC([NH3+])CCCCCCCCCCCC. The van der Waals surface area contributed by atoms with Crippen molar-refractivity contribution in [3.63, 3.8) is 0 Å². The number of carboxylic acids is 1. The Balaban J connectivity index is 0. The second kappa shape index (κ2) is 30.4. The van der Waals surface area contributed by atoms with Crippen LogP contribution in [-0.4, -0.2) is 12.0 Å². The molecule has 0 aliphatic heterocycles. The summed E-state index contributed by atoms with van der Waals surface area (Å²) in [6.07, 6.45) is 32.5. The number of carbonyl (C=O) groups excluding carboxylic acids is 1. The largest absolute Gasteiger partial charge is 0.550 e. The predicted octanol–water partition coefficient (Wildman–Crippen LogP) is 7.76. The second-order valence-corrected chi connectivity index (χ2v) is 9.93. The summed E-state index contributed by atoms with van der Waals surface area (Å²) in [6.45, 7) is 6.40. The molecule has 0 aliphatic carbocycles. The van der Waals surface area contributed by atoms with Gasteiger partial charge in [-0.3, -0.25) is 0 Å². The van der Waals surface area contributed by atoms with Gasteiger partial charge in [0.2, 0.25) is 0 Å². The summed E-state index contributed by atoms with van der Waals surface area (Å²) in [5, 5.41) is 9.49. The third-order valence-corrected chi connectivity index (χ3v) is 6.39. The van der Waals surface area contributed by atoms with Crippen molar-refractivity contribution in [2.24, 2.45) is 0 Å². The molecule has 0 heterocycles. The molecule has 0 aromatic rings. The molecule has 0 unspecified atom stereocenters. The van der Waals surface area contributed by atoms with E-state index in [1.54, 1.807) is 6.92 Å². The van der Waals surface area contributed by atoms with E-state index in [2.05, 4.69) is 19.6 Å². The molecule has 32 heavy (non-hydrogen) atoms. The lowest BCUT2D eigenvalue weighted by atomic mass is 10.00. The summed E-state index contributed by atoms with van der Waals surface area (Å²) in [5.41, 5.74) is 4.39. The average molecular weight is 456 g/mol. The Morgan fingerprint density at radius 3 is 1.03 bits per heavy atom. The van der Waals surface area contributed by atoms with Gasteiger partial charge in [0.15, 0.2) is 0 Å². The Labute approximate surface area is 202 Å². The van der Waals surface area contributed by atoms with E-state index >= 15 is 0 Å². The van der Waals surface area contributed by atoms with Gasteiger partial charge in [0.05, 0.1) is 6.04 Å². The smallest absolute Gasteiger partial charge is 0.0843 e. The summed E-state index contributed by atoms with van der Waals surface area (Å²) in [5.74, 6) is -0.961. The van der Waals surface area contributed by atoms with Crippen LogP contribution < -0.4 is 10.8 Å². The number of hydrogen-bond acceptors (Lipinski definition) is 2. The molecule has 0 spiro atoms. The zero-order valence-corrected chi connectivity index (χ0v) is 22.6. The third kappa shape index (κ3) is 34.1. The zero-order valence-electron chi connectivity index (χ0n) is 22.6. The van der Waals surface area contributed by atoms with Crippen LogP contribution in [0, 0.1) is 0 Å². The molecule has 194 valence electrons. The number of aliphatic carboxylic acids is 1. The molecule has 0 saturated heterocycles. The fraction of sp³-hybridized carbons (Fsp3) is 0.966. The molecule has 0 saturated carbocycles. The first kappa shape index (κ1) is 33.6. The Morgan fingerprint density at radius 1 is 0.531 bits per heavy atom. The van der Waals surface area contributed by atoms with Crippen molar-refractivity contribution in [2.45, 2.75) is 181 Å². The molecule has 3 N–H and O–H groups in total. The maximum Gasteiger partial charge on any atom is 0.0843 e. The fourth-order valence-corrected chi connectivity index (χ4v) is 4.19. The molecular weight excluding hydrogens is 394 g/mol. The number of quaternary nitrogens is 1. The number of unbranched alkanes of at least 4 members (excludes halogenated alkanes) is 18. The van der Waals surface area contributed by atoms with E-state index in [1.807, 2.05) is 0 Å². The maximum atomic E-state index is 9.49. The predicted molar refractivity (Wildman–Crippen MR) is 140 cm³/mol. The first-order valence-electron chi connectivity index (χ1n) is 14.6. The fourth-order valence-electron chi connectivity index (χ4n) is 4.19. The summed E-state index contributed by atoms with van der Waals surface area (Å²) in [6, 6.07) is 0.720. The first-order valence-corrected chi connectivity index (χ1v) is 14.6. The van der Waals surface area contributed by atoms with Crippen LogP contribution in [0.15, 0.2) is 0 Å². The minimum atomic E-state index is -0.961. The van der Waals surface area contributed by atoms with E-state index < -0.39 is 5.97 Å². The highest BCUT2D eigenvalue weighted by Gasteiger charge is 2.05. The normalized spacial score (nSPS) is 10.9. The van der Waals surface area contributed by atoms with Crippen LogP contribution in [0.1, 0.15) is 175 Å². The summed E-state index contributed by atoms with van der Waals surface area (Å²) < 4.78 is 0. The number of carbonyl (C=O) groups is 1. The zero-order chi connectivity index (χ0) is 24.1. The molecule has 0 rings (SSSR count). The van der Waals surface area contributed by atoms with Crippen molar-refractivity contribution in [3.8, 4) is 0 Å². The number of rotatable bonds is 24. The van der Waals surface area contributed by atoms with Crippen molar-refractivity contribution in [2.75, 3.05) is 0 Å². The Kier molecular flexibility index (Phi) is 32.0. The van der Waals surface area contributed by atoms with Crippen LogP contribution in [0.25, 0.3) is 0 Å². The molecule has 3 nitrogen and oxygen atoms in total. The standard InChI is InChI=1S/C25H53N.C4H8O2/c1-3-5-7-9-11-13-15-17-19-21-23-25(26)24-22-20-18-16-14-12-10-8-6-4-2;1-2-3-4(5)6/h25H,3-24,26H2,1-2H3;2-3H2,1H3,(H,5,6). The monoisotopic (exact) mass is 455 g/mol. The van der Waals surface area contributed by atoms with Gasteiger partial charge in [-0.05, 0) is 32.1 Å². The van der Waals surface area contributed by atoms with E-state index in [-0.39, 0.29) is 6.42 Å². The molecule has 0 aromatic heterocycles. The van der Waals surface area contributed by atoms with Gasteiger partial charge in [-0.2, -0.15) is 0 Å². The van der Waals surface area contributed by atoms with Gasteiger partial charge in [-0.1, -0.05) is 143 Å². The molecule has 0 amide bonds. The summed E-state index contributed by atoms with van der Waals surface area (Å²) in [4.78, 5) is 9.49. The highest BCUT2D eigenvalue weighted by Crippen LogP contribution is 2.14. The van der Waals surface area contributed by atoms with Gasteiger partial charge < -0.3 is 15.6 Å². The molecule has 3 heteroatoms. The molecule has 0 atom stereocenters. The van der Waals surface area contributed by atoms with Crippen molar-refractivity contribution in [3.05, 3.63) is 0 Å². The topological polar surface area (TPSA) is 67.8 Å². The molecule has 0 radical (unpaired) electrons. The van der Waals surface area contributed by atoms with Crippen LogP contribution in [0.5, 0.6) is 0 Å². The van der Waals surface area contributed by atoms with Gasteiger partial charge >= 0.3 is 0 Å². The molecule has 0 aliphatic rings. The van der Waals surface area contributed by atoms with E-state index in [1.165, 1.54) is 141 Å². The lowest BCUT2D eigenvalue weighted by Crippen LogP contribution is -2.60. The Hall–Kier alpha value is -0.570. The minimum Gasteiger partial charge on any atom is -0.550 e. The van der Waals surface area contributed by atoms with Crippen LogP contribution in [0.4, 0.5) is 0 Å². The van der Waals surface area contributed by atoms with Gasteiger partial charge in [0, 0.05) is 5.97 Å². The van der Waals surface area contributed by atoms with E-state index in [4.69, 9.17) is 0 Å². The summed E-state index contributed by atoms with van der Waals surface area (Å²) in [7, 11) is 0. The number of hydrogen-bond donors (Lipinski definition) is 1. The van der Waals surface area contributed by atoms with E-state index in [9.17, 15) is 9.90 Å². The second-order valence-electron chi connectivity index (χ2n) is 9.93. The van der Waals surface area contributed by atoms with Gasteiger partial charge in [0.1, 0.15) is 0 Å². The van der Waals surface area contributed by atoms with E-state index in [0.717, 1.165) is 6.04 Å². The highest BCUT2D eigenvalue weighted by molar-refractivity contribution is 5.63. The van der Waals surface area contributed by atoms with Gasteiger partial charge in [-0.25, -0.2) is 0 Å². The van der Waals surface area contributed by atoms with Crippen LogP contribution >= 0.6 is 0 Å². The lowest BCUT2D eigenvalue weighted by molar-refractivity contribution is -0.423. The minimum absolute atomic E-state index is 0.181. The Morgan fingerprint density at radius 2 is 0.812 bits per heavy atom. The molecular formula is C29H61NO2. The van der Waals surface area contributed by atoms with Crippen molar-refractivity contribution in [1.82, 2.24) is 0 Å². The van der Waals surface area contributed by atoms with E-state index in [0.29, 0.717) is 6.42 Å². The van der Waals surface area contributed by atoms with Crippen LogP contribution in [0.2, 0.25) is 0 Å². The maximum absolute atomic E-state index is 9.49. The van der Waals surface area contributed by atoms with Gasteiger partial charge in [0.25, 0.3) is 0 Å². The first-order chi connectivity index (χ1) is 15.6. The quantitative estimate of drug-likeness (QED) is 0.151. The van der Waals surface area contributed by atoms with Gasteiger partial charge in [-0.15, -0.1) is 0 Å². The lowest BCUT2D eigenvalue weighted by Gasteiger charge is -2.08. The van der Waals surface area contributed by atoms with Crippen molar-refractivity contribution >= 4 is 5.97 Å². The molecule has 0 fully saturated rings. The summed E-state index contributed by atoms with van der Waals surface area (Å²) >= 11 is 0. The number of carboxylic acid groups (broad SMARTS) is 1. The van der Waals surface area contributed by atoms with Crippen molar-refractivity contribution < 1.29 is 15.6 Å². The Bertz CT molecular complexity index is 322. The average Bonchev–Trinajstić information content (AvgIpc) is 2.76. The third-order valence-electron chi connectivity index (χ3n) is 6.39. The molecule has 0 bridgehead atoms. The molecule has 0 aromatic carbocycles. The highest BCUT2D eigenvalue weighted by atomic mass is 16.4.